The van der Waals surface area contributed by atoms with Gasteiger partial charge in [0.05, 0.1) is 5.56 Å². The first kappa shape index (κ1) is 15.4. The zero-order chi connectivity index (χ0) is 15.5. The highest BCUT2D eigenvalue weighted by molar-refractivity contribution is 5.29. The second-order valence-corrected chi connectivity index (χ2v) is 4.76. The third-order valence-electron chi connectivity index (χ3n) is 3.02. The van der Waals surface area contributed by atoms with Crippen LogP contribution in [-0.4, -0.2) is 11.7 Å². The number of aryl methyl sites for hydroxylation is 1. The van der Waals surface area contributed by atoms with E-state index in [1.165, 1.54) is 12.1 Å². The Hall–Kier alpha value is -2.01. The van der Waals surface area contributed by atoms with Crippen LogP contribution in [0.4, 0.5) is 13.2 Å². The van der Waals surface area contributed by atoms with Crippen LogP contribution in [0.1, 0.15) is 22.8 Å². The van der Waals surface area contributed by atoms with Gasteiger partial charge >= 0.3 is 6.18 Å². The molecule has 0 spiro atoms. The minimum atomic E-state index is -4.36. The summed E-state index contributed by atoms with van der Waals surface area (Å²) in [5.74, 6) is 0.287. The van der Waals surface area contributed by atoms with Crippen molar-refractivity contribution in [2.24, 2.45) is 0 Å². The van der Waals surface area contributed by atoms with Crippen molar-refractivity contribution in [3.63, 3.8) is 0 Å². The average molecular weight is 296 g/mol. The van der Waals surface area contributed by atoms with Gasteiger partial charge in [-0.15, -0.1) is 0 Å². The zero-order valence-electron chi connectivity index (χ0n) is 11.4. The van der Waals surface area contributed by atoms with Crippen molar-refractivity contribution < 1.29 is 23.0 Å². The van der Waals surface area contributed by atoms with Gasteiger partial charge in [-0.3, -0.25) is 0 Å². The Bertz CT molecular complexity index is 591. The predicted octanol–water partition coefficient (Wildman–Crippen LogP) is 4.13. The Labute approximate surface area is 120 Å². The molecule has 0 aliphatic rings. The maximum atomic E-state index is 12.4. The maximum absolute atomic E-state index is 12.4. The van der Waals surface area contributed by atoms with Crippen LogP contribution in [0.2, 0.25) is 0 Å². The van der Waals surface area contributed by atoms with E-state index in [2.05, 4.69) is 0 Å². The Balaban J connectivity index is 1.97. The van der Waals surface area contributed by atoms with E-state index in [-0.39, 0.29) is 12.4 Å². The highest BCUT2D eigenvalue weighted by Crippen LogP contribution is 2.30. The van der Waals surface area contributed by atoms with Crippen LogP contribution in [0.3, 0.4) is 0 Å². The van der Waals surface area contributed by atoms with Crippen LogP contribution < -0.4 is 4.74 Å². The second kappa shape index (κ2) is 6.18. The Morgan fingerprint density at radius 1 is 1.10 bits per heavy atom. The summed E-state index contributed by atoms with van der Waals surface area (Å²) < 4.78 is 42.5. The smallest absolute Gasteiger partial charge is 0.416 e. The Morgan fingerprint density at radius 3 is 2.33 bits per heavy atom. The summed E-state index contributed by atoms with van der Waals surface area (Å²) in [6.45, 7) is 1.89. The number of hydrogen-bond donors (Lipinski definition) is 1. The third kappa shape index (κ3) is 4.23. The van der Waals surface area contributed by atoms with Crippen molar-refractivity contribution in [1.29, 1.82) is 0 Å². The fourth-order valence-electron chi connectivity index (χ4n) is 1.89. The van der Waals surface area contributed by atoms with Crippen molar-refractivity contribution in [3.05, 3.63) is 65.2 Å². The van der Waals surface area contributed by atoms with E-state index in [1.54, 1.807) is 6.07 Å². The molecule has 0 radical (unpaired) electrons. The molecule has 1 unspecified atom stereocenters. The molecule has 2 aromatic rings. The summed E-state index contributed by atoms with van der Waals surface area (Å²) in [4.78, 5) is 0. The van der Waals surface area contributed by atoms with Gasteiger partial charge in [-0.1, -0.05) is 29.8 Å². The van der Waals surface area contributed by atoms with Crippen LogP contribution in [0.25, 0.3) is 0 Å². The van der Waals surface area contributed by atoms with Crippen LogP contribution >= 0.6 is 0 Å². The van der Waals surface area contributed by atoms with E-state index in [4.69, 9.17) is 4.74 Å². The molecule has 2 rings (SSSR count). The molecule has 1 N–H and O–H groups in total. The van der Waals surface area contributed by atoms with Gasteiger partial charge in [0.2, 0.25) is 0 Å². The molecule has 0 aromatic heterocycles. The summed E-state index contributed by atoms with van der Waals surface area (Å²) in [5.41, 5.74) is 0.997. The summed E-state index contributed by atoms with van der Waals surface area (Å²) in [7, 11) is 0. The lowest BCUT2D eigenvalue weighted by atomic mass is 10.1. The van der Waals surface area contributed by atoms with Crippen molar-refractivity contribution in [1.82, 2.24) is 0 Å². The van der Waals surface area contributed by atoms with Crippen LogP contribution in [-0.2, 0) is 6.18 Å². The quantitative estimate of drug-likeness (QED) is 0.919. The Morgan fingerprint density at radius 2 is 1.76 bits per heavy atom. The number of benzene rings is 2. The number of halogens is 3. The normalized spacial score (nSPS) is 13.0. The monoisotopic (exact) mass is 296 g/mol. The first-order chi connectivity index (χ1) is 9.86. The number of ether oxygens (including phenoxy) is 1. The first-order valence-electron chi connectivity index (χ1n) is 6.41. The predicted molar refractivity (Wildman–Crippen MR) is 73.1 cm³/mol. The van der Waals surface area contributed by atoms with Crippen molar-refractivity contribution in [2.45, 2.75) is 19.2 Å². The minimum Gasteiger partial charge on any atom is -0.491 e. The Kier molecular flexibility index (Phi) is 4.53. The van der Waals surface area contributed by atoms with Crippen LogP contribution in [0.5, 0.6) is 5.75 Å². The lowest BCUT2D eigenvalue weighted by Gasteiger charge is -2.14. The molecule has 112 valence electrons. The molecule has 0 heterocycles. The molecule has 2 nitrogen and oxygen atoms in total. The second-order valence-electron chi connectivity index (χ2n) is 4.76. The van der Waals surface area contributed by atoms with Gasteiger partial charge in [0.1, 0.15) is 18.5 Å². The number of hydrogen-bond acceptors (Lipinski definition) is 2. The first-order valence-corrected chi connectivity index (χ1v) is 6.41. The molecular weight excluding hydrogens is 281 g/mol. The molecule has 0 saturated carbocycles. The molecule has 0 saturated heterocycles. The largest absolute Gasteiger partial charge is 0.491 e. The number of rotatable bonds is 4. The number of aliphatic hydroxyl groups excluding tert-OH is 1. The van der Waals surface area contributed by atoms with Crippen LogP contribution in [0.15, 0.2) is 48.5 Å². The van der Waals surface area contributed by atoms with Gasteiger partial charge in [0.25, 0.3) is 0 Å². The van der Waals surface area contributed by atoms with E-state index < -0.39 is 17.8 Å². The molecule has 0 aliphatic heterocycles. The van der Waals surface area contributed by atoms with Crippen molar-refractivity contribution >= 4 is 0 Å². The van der Waals surface area contributed by atoms with E-state index in [0.29, 0.717) is 5.56 Å². The molecule has 0 bridgehead atoms. The molecular formula is C16H15F3O2. The van der Waals surface area contributed by atoms with Crippen molar-refractivity contribution in [3.8, 4) is 5.75 Å². The van der Waals surface area contributed by atoms with E-state index in [9.17, 15) is 18.3 Å². The molecule has 21 heavy (non-hydrogen) atoms. The third-order valence-corrected chi connectivity index (χ3v) is 3.02. The average Bonchev–Trinajstić information content (AvgIpc) is 2.44. The standard InChI is InChI=1S/C16H15F3O2/c1-11-3-2-4-12(9-11)15(20)10-21-14-7-5-13(6-8-14)16(17,18)19/h2-9,15,20H,10H2,1H3. The van der Waals surface area contributed by atoms with Gasteiger partial charge in [-0.2, -0.15) is 13.2 Å². The fourth-order valence-corrected chi connectivity index (χ4v) is 1.89. The van der Waals surface area contributed by atoms with Gasteiger partial charge in [0.15, 0.2) is 0 Å². The van der Waals surface area contributed by atoms with Gasteiger partial charge in [-0.05, 0) is 36.8 Å². The highest BCUT2D eigenvalue weighted by atomic mass is 19.4. The lowest BCUT2D eigenvalue weighted by molar-refractivity contribution is -0.137. The molecule has 5 heteroatoms. The van der Waals surface area contributed by atoms with Gasteiger partial charge < -0.3 is 9.84 Å². The zero-order valence-corrected chi connectivity index (χ0v) is 11.4. The summed E-state index contributed by atoms with van der Waals surface area (Å²) in [6, 6.07) is 11.7. The van der Waals surface area contributed by atoms with Gasteiger partial charge in [0, 0.05) is 0 Å². The highest BCUT2D eigenvalue weighted by Gasteiger charge is 2.30. The fraction of sp³-hybridized carbons (Fsp3) is 0.250. The van der Waals surface area contributed by atoms with E-state index in [0.717, 1.165) is 17.7 Å². The molecule has 1 atom stereocenters. The number of aliphatic hydroxyl groups is 1. The van der Waals surface area contributed by atoms with E-state index in [1.807, 2.05) is 25.1 Å². The van der Waals surface area contributed by atoms with Gasteiger partial charge in [-0.25, -0.2) is 0 Å². The summed E-state index contributed by atoms with van der Waals surface area (Å²) in [5, 5.41) is 9.99. The summed E-state index contributed by atoms with van der Waals surface area (Å²) in [6.07, 6.45) is -5.19. The minimum absolute atomic E-state index is 0.0190. The number of alkyl halides is 3. The lowest BCUT2D eigenvalue weighted by Crippen LogP contribution is -2.10. The molecule has 0 aliphatic carbocycles. The van der Waals surface area contributed by atoms with E-state index >= 15 is 0 Å². The topological polar surface area (TPSA) is 29.5 Å². The molecule has 0 fully saturated rings. The SMILES string of the molecule is Cc1cccc(C(O)COc2ccc(C(F)(F)F)cc2)c1. The molecule has 2 aromatic carbocycles. The maximum Gasteiger partial charge on any atom is 0.416 e. The summed E-state index contributed by atoms with van der Waals surface area (Å²) >= 11 is 0. The molecule has 0 amide bonds. The van der Waals surface area contributed by atoms with Crippen LogP contribution in [0, 0.1) is 6.92 Å². The van der Waals surface area contributed by atoms with Crippen molar-refractivity contribution in [2.75, 3.05) is 6.61 Å².